The summed E-state index contributed by atoms with van der Waals surface area (Å²) in [5.41, 5.74) is 0. The Morgan fingerprint density at radius 2 is 1.74 bits per heavy atom. The number of benzene rings is 1. The van der Waals surface area contributed by atoms with E-state index >= 15 is 0 Å². The van der Waals surface area contributed by atoms with E-state index < -0.39 is 47.7 Å². The molecule has 0 heterocycles. The van der Waals surface area contributed by atoms with Crippen molar-refractivity contribution in [2.24, 2.45) is 0 Å². The molecule has 1 aromatic rings. The number of hydrogen-bond acceptors (Lipinski definition) is 3. The van der Waals surface area contributed by atoms with Gasteiger partial charge in [0.25, 0.3) is 0 Å². The van der Waals surface area contributed by atoms with Crippen molar-refractivity contribution in [1.82, 2.24) is 0 Å². The SMILES string of the molecule is O=C(O)C(O)CCCOc1c(F)c(F)cc(F)c1F. The van der Waals surface area contributed by atoms with Crippen molar-refractivity contribution >= 4 is 5.97 Å². The second kappa shape index (κ2) is 6.37. The lowest BCUT2D eigenvalue weighted by Crippen LogP contribution is -2.20. The van der Waals surface area contributed by atoms with E-state index in [4.69, 9.17) is 10.2 Å². The summed E-state index contributed by atoms with van der Waals surface area (Å²) in [5, 5.41) is 17.2. The third kappa shape index (κ3) is 3.82. The van der Waals surface area contributed by atoms with Crippen LogP contribution in [0.2, 0.25) is 0 Å². The predicted octanol–water partition coefficient (Wildman–Crippen LogP) is 1.85. The molecule has 0 aliphatic heterocycles. The van der Waals surface area contributed by atoms with Crippen LogP contribution in [0.15, 0.2) is 6.07 Å². The topological polar surface area (TPSA) is 66.8 Å². The first-order chi connectivity index (χ1) is 8.84. The fourth-order valence-electron chi connectivity index (χ4n) is 1.25. The summed E-state index contributed by atoms with van der Waals surface area (Å²) in [5.74, 6) is -9.19. The highest BCUT2D eigenvalue weighted by Crippen LogP contribution is 2.26. The molecule has 0 spiro atoms. The van der Waals surface area contributed by atoms with Crippen molar-refractivity contribution in [2.45, 2.75) is 18.9 Å². The van der Waals surface area contributed by atoms with Crippen LogP contribution in [-0.4, -0.2) is 28.9 Å². The number of carboxylic acid groups (broad SMARTS) is 1. The summed E-state index contributed by atoms with van der Waals surface area (Å²) in [6, 6.07) is 0.0473. The van der Waals surface area contributed by atoms with Gasteiger partial charge >= 0.3 is 5.97 Å². The van der Waals surface area contributed by atoms with Gasteiger partial charge in [0, 0.05) is 6.07 Å². The number of halogens is 4. The molecule has 1 rings (SSSR count). The summed E-state index contributed by atoms with van der Waals surface area (Å²) in [4.78, 5) is 10.3. The van der Waals surface area contributed by atoms with Gasteiger partial charge in [0.2, 0.25) is 11.6 Å². The van der Waals surface area contributed by atoms with E-state index in [9.17, 15) is 22.4 Å². The molecule has 1 unspecified atom stereocenters. The monoisotopic (exact) mass is 282 g/mol. The van der Waals surface area contributed by atoms with Crippen molar-refractivity contribution in [2.75, 3.05) is 6.61 Å². The van der Waals surface area contributed by atoms with Crippen LogP contribution in [0.5, 0.6) is 5.75 Å². The van der Waals surface area contributed by atoms with E-state index in [0.29, 0.717) is 0 Å². The molecule has 1 aromatic carbocycles. The molecule has 0 saturated carbocycles. The zero-order valence-electron chi connectivity index (χ0n) is 9.50. The highest BCUT2D eigenvalue weighted by Gasteiger charge is 2.20. The molecule has 1 atom stereocenters. The molecule has 0 amide bonds. The third-order valence-electron chi connectivity index (χ3n) is 2.22. The number of carbonyl (C=O) groups is 1. The molecule has 2 N–H and O–H groups in total. The molecule has 0 aliphatic carbocycles. The van der Waals surface area contributed by atoms with Crippen molar-refractivity contribution < 1.29 is 37.3 Å². The number of ether oxygens (including phenoxy) is 1. The number of hydrogen-bond donors (Lipinski definition) is 2. The van der Waals surface area contributed by atoms with Gasteiger partial charge in [-0.1, -0.05) is 0 Å². The number of aliphatic hydroxyl groups excluding tert-OH is 1. The number of carboxylic acids is 1. The van der Waals surface area contributed by atoms with Crippen LogP contribution >= 0.6 is 0 Å². The predicted molar refractivity (Wildman–Crippen MR) is 54.6 cm³/mol. The van der Waals surface area contributed by atoms with Crippen LogP contribution in [0.25, 0.3) is 0 Å². The number of rotatable bonds is 6. The summed E-state index contributed by atoms with van der Waals surface area (Å²) >= 11 is 0. The van der Waals surface area contributed by atoms with Gasteiger partial charge in [-0.2, -0.15) is 8.78 Å². The van der Waals surface area contributed by atoms with E-state index in [2.05, 4.69) is 4.74 Å². The Labute approximate surface area is 105 Å². The minimum absolute atomic E-state index is 0.0473. The van der Waals surface area contributed by atoms with Gasteiger partial charge in [0.05, 0.1) is 6.61 Å². The van der Waals surface area contributed by atoms with Gasteiger partial charge in [-0.25, -0.2) is 13.6 Å². The molecule has 0 radical (unpaired) electrons. The highest BCUT2D eigenvalue weighted by atomic mass is 19.2. The Bertz CT molecular complexity index is 452. The first-order valence-electron chi connectivity index (χ1n) is 5.21. The second-order valence-electron chi connectivity index (χ2n) is 3.64. The van der Waals surface area contributed by atoms with Crippen molar-refractivity contribution in [1.29, 1.82) is 0 Å². The van der Waals surface area contributed by atoms with Crippen LogP contribution in [0.3, 0.4) is 0 Å². The Hall–Kier alpha value is -1.83. The lowest BCUT2D eigenvalue weighted by atomic mass is 10.2. The van der Waals surface area contributed by atoms with E-state index in [1.54, 1.807) is 0 Å². The third-order valence-corrected chi connectivity index (χ3v) is 2.22. The van der Waals surface area contributed by atoms with Gasteiger partial charge in [-0.05, 0) is 12.8 Å². The zero-order chi connectivity index (χ0) is 14.6. The molecule has 0 aliphatic rings. The molecular formula is C11H10F4O4. The van der Waals surface area contributed by atoms with Crippen LogP contribution in [0, 0.1) is 23.3 Å². The Balaban J connectivity index is 2.61. The van der Waals surface area contributed by atoms with Crippen molar-refractivity contribution in [3.05, 3.63) is 29.3 Å². The Kier molecular flexibility index (Phi) is 5.11. The smallest absolute Gasteiger partial charge is 0.332 e. The lowest BCUT2D eigenvalue weighted by molar-refractivity contribution is -0.147. The minimum atomic E-state index is -1.67. The summed E-state index contributed by atoms with van der Waals surface area (Å²) in [6.07, 6.45) is -1.93. The minimum Gasteiger partial charge on any atom is -0.487 e. The molecule has 0 fully saturated rings. The van der Waals surface area contributed by atoms with Crippen molar-refractivity contribution in [3.8, 4) is 5.75 Å². The van der Waals surface area contributed by atoms with Gasteiger partial charge in [-0.3, -0.25) is 0 Å². The van der Waals surface area contributed by atoms with E-state index in [0.717, 1.165) is 0 Å². The highest BCUT2D eigenvalue weighted by molar-refractivity contribution is 5.71. The van der Waals surface area contributed by atoms with Crippen LogP contribution in [-0.2, 0) is 4.79 Å². The van der Waals surface area contributed by atoms with Crippen LogP contribution < -0.4 is 4.74 Å². The maximum atomic E-state index is 13.1. The Morgan fingerprint density at radius 3 is 2.21 bits per heavy atom. The molecule has 19 heavy (non-hydrogen) atoms. The molecule has 0 saturated heterocycles. The number of aliphatic hydroxyl groups is 1. The second-order valence-corrected chi connectivity index (χ2v) is 3.64. The molecule has 0 aromatic heterocycles. The van der Waals surface area contributed by atoms with Gasteiger partial charge < -0.3 is 14.9 Å². The van der Waals surface area contributed by atoms with Gasteiger partial charge in [0.1, 0.15) is 0 Å². The normalized spacial score (nSPS) is 12.3. The molecule has 4 nitrogen and oxygen atoms in total. The summed E-state index contributed by atoms with van der Waals surface area (Å²) in [7, 11) is 0. The van der Waals surface area contributed by atoms with Gasteiger partial charge in [-0.15, -0.1) is 0 Å². The average molecular weight is 282 g/mol. The maximum Gasteiger partial charge on any atom is 0.332 e. The fraction of sp³-hybridized carbons (Fsp3) is 0.364. The molecular weight excluding hydrogens is 272 g/mol. The molecule has 106 valence electrons. The van der Waals surface area contributed by atoms with Crippen LogP contribution in [0.1, 0.15) is 12.8 Å². The quantitative estimate of drug-likeness (QED) is 0.475. The number of aliphatic carboxylic acids is 1. The summed E-state index contributed by atoms with van der Waals surface area (Å²) in [6.45, 7) is -0.402. The summed E-state index contributed by atoms with van der Waals surface area (Å²) < 4.78 is 56.3. The first kappa shape index (κ1) is 15.2. The first-order valence-corrected chi connectivity index (χ1v) is 5.21. The Morgan fingerprint density at radius 1 is 1.21 bits per heavy atom. The van der Waals surface area contributed by atoms with E-state index in [1.165, 1.54) is 0 Å². The van der Waals surface area contributed by atoms with E-state index in [1.807, 2.05) is 0 Å². The maximum absolute atomic E-state index is 13.1. The molecule has 0 bridgehead atoms. The lowest BCUT2D eigenvalue weighted by Gasteiger charge is -2.10. The van der Waals surface area contributed by atoms with E-state index in [-0.39, 0.29) is 18.9 Å². The standard InChI is InChI=1S/C11H10F4O4/c12-5-4-6(13)9(15)10(8(5)14)19-3-1-2-7(16)11(17)18/h4,7,16H,1-3H2,(H,17,18). The fourth-order valence-corrected chi connectivity index (χ4v) is 1.25. The largest absolute Gasteiger partial charge is 0.487 e. The molecule has 8 heteroatoms. The van der Waals surface area contributed by atoms with Crippen molar-refractivity contribution in [3.63, 3.8) is 0 Å². The van der Waals surface area contributed by atoms with Gasteiger partial charge in [0.15, 0.2) is 23.5 Å². The van der Waals surface area contributed by atoms with Crippen LogP contribution in [0.4, 0.5) is 17.6 Å². The average Bonchev–Trinajstić information content (AvgIpc) is 2.35. The zero-order valence-corrected chi connectivity index (χ0v) is 9.50.